The van der Waals surface area contributed by atoms with Crippen molar-refractivity contribution in [2.45, 2.75) is 25.4 Å². The van der Waals surface area contributed by atoms with Gasteiger partial charge in [-0.3, -0.25) is 9.59 Å². The molecule has 3 heterocycles. The average Bonchev–Trinajstić information content (AvgIpc) is 3.12. The number of halogens is 1. The molecule has 146 valence electrons. The molecule has 4 rings (SSSR count). The van der Waals surface area contributed by atoms with E-state index in [1.165, 1.54) is 0 Å². The number of ether oxygens (including phenoxy) is 1. The molecule has 0 bridgehead atoms. The summed E-state index contributed by atoms with van der Waals surface area (Å²) in [4.78, 5) is 30.4. The summed E-state index contributed by atoms with van der Waals surface area (Å²) in [5, 5.41) is 3.46. The maximum absolute atomic E-state index is 12.5. The van der Waals surface area contributed by atoms with Gasteiger partial charge in [0.2, 0.25) is 5.91 Å². The number of hydrogen-bond donors (Lipinski definition) is 2. The number of pyridine rings is 1. The molecule has 1 saturated heterocycles. The number of anilines is 2. The van der Waals surface area contributed by atoms with E-state index in [4.69, 9.17) is 22.1 Å². The lowest BCUT2D eigenvalue weighted by atomic mass is 9.97. The number of hydrogen-bond acceptors (Lipinski definition) is 5. The van der Waals surface area contributed by atoms with Gasteiger partial charge in [-0.2, -0.15) is 0 Å². The zero-order chi connectivity index (χ0) is 19.7. The van der Waals surface area contributed by atoms with Crippen LogP contribution >= 0.6 is 11.6 Å². The highest BCUT2D eigenvalue weighted by Crippen LogP contribution is 2.31. The lowest BCUT2D eigenvalue weighted by molar-refractivity contribution is -0.122. The summed E-state index contributed by atoms with van der Waals surface area (Å²) in [5.74, 6) is 0.806. The summed E-state index contributed by atoms with van der Waals surface area (Å²) in [6.07, 6.45) is 3.22. The standard InChI is InChI=1S/C20H21ClN4O3/c21-14-3-5-16-13(8-14)9-17(28-16)20(27)24-15-4-6-18(23-10-15)25-7-1-2-12(11-25)19(22)26/h3-6,8,10,12,17H,1-2,7,9,11H2,(H2,22,26)(H,24,27). The first-order valence-corrected chi connectivity index (χ1v) is 9.63. The minimum atomic E-state index is -0.591. The van der Waals surface area contributed by atoms with E-state index in [1.54, 1.807) is 24.4 Å². The Morgan fingerprint density at radius 3 is 2.89 bits per heavy atom. The number of carbonyl (C=O) groups excluding carboxylic acids is 2. The van der Waals surface area contributed by atoms with Gasteiger partial charge in [0.05, 0.1) is 17.8 Å². The topological polar surface area (TPSA) is 97.6 Å². The van der Waals surface area contributed by atoms with Crippen molar-refractivity contribution >= 4 is 34.9 Å². The molecule has 1 aromatic heterocycles. The zero-order valence-corrected chi connectivity index (χ0v) is 16.0. The molecule has 0 radical (unpaired) electrons. The van der Waals surface area contributed by atoms with Gasteiger partial charge in [0.25, 0.3) is 5.91 Å². The smallest absolute Gasteiger partial charge is 0.265 e. The fourth-order valence-corrected chi connectivity index (χ4v) is 3.85. The summed E-state index contributed by atoms with van der Waals surface area (Å²) in [5.41, 5.74) is 6.95. The van der Waals surface area contributed by atoms with Crippen molar-refractivity contribution in [1.82, 2.24) is 4.98 Å². The summed E-state index contributed by atoms with van der Waals surface area (Å²) in [6, 6.07) is 8.97. The van der Waals surface area contributed by atoms with Crippen LogP contribution in [0.3, 0.4) is 0 Å². The second-order valence-electron chi connectivity index (χ2n) is 7.14. The van der Waals surface area contributed by atoms with Crippen LogP contribution in [0, 0.1) is 5.92 Å². The number of carbonyl (C=O) groups is 2. The Balaban J connectivity index is 1.37. The SMILES string of the molecule is NC(=O)C1CCCN(c2ccc(NC(=O)C3Cc4cc(Cl)ccc4O3)cn2)C1. The number of benzene rings is 1. The van der Waals surface area contributed by atoms with Crippen LogP contribution in [0.5, 0.6) is 5.75 Å². The Morgan fingerprint density at radius 1 is 1.29 bits per heavy atom. The number of nitrogens with one attached hydrogen (secondary N) is 1. The van der Waals surface area contributed by atoms with Crippen molar-refractivity contribution in [1.29, 1.82) is 0 Å². The molecule has 0 aliphatic carbocycles. The van der Waals surface area contributed by atoms with Crippen molar-refractivity contribution < 1.29 is 14.3 Å². The van der Waals surface area contributed by atoms with E-state index in [1.807, 2.05) is 17.0 Å². The molecule has 3 N–H and O–H groups in total. The van der Waals surface area contributed by atoms with Crippen molar-refractivity contribution in [2.24, 2.45) is 11.7 Å². The maximum atomic E-state index is 12.5. The molecule has 2 unspecified atom stereocenters. The van der Waals surface area contributed by atoms with Gasteiger partial charge < -0.3 is 20.7 Å². The molecule has 2 aromatic rings. The van der Waals surface area contributed by atoms with Crippen LogP contribution in [-0.4, -0.2) is 36.0 Å². The largest absolute Gasteiger partial charge is 0.480 e. The Kier molecular flexibility index (Phi) is 5.09. The molecule has 2 atom stereocenters. The van der Waals surface area contributed by atoms with Gasteiger partial charge in [-0.05, 0) is 48.7 Å². The second kappa shape index (κ2) is 7.67. The third kappa shape index (κ3) is 3.89. The van der Waals surface area contributed by atoms with Crippen LogP contribution in [0.4, 0.5) is 11.5 Å². The Morgan fingerprint density at radius 2 is 2.14 bits per heavy atom. The van der Waals surface area contributed by atoms with Crippen molar-refractivity contribution in [3.63, 3.8) is 0 Å². The Labute approximate surface area is 167 Å². The van der Waals surface area contributed by atoms with E-state index in [9.17, 15) is 9.59 Å². The summed E-state index contributed by atoms with van der Waals surface area (Å²) in [7, 11) is 0. The van der Waals surface area contributed by atoms with E-state index in [-0.39, 0.29) is 17.7 Å². The van der Waals surface area contributed by atoms with Crippen molar-refractivity contribution in [3.05, 3.63) is 47.1 Å². The average molecular weight is 401 g/mol. The lowest BCUT2D eigenvalue weighted by Crippen LogP contribution is -2.41. The van der Waals surface area contributed by atoms with Gasteiger partial charge in [-0.25, -0.2) is 4.98 Å². The fourth-order valence-electron chi connectivity index (χ4n) is 3.65. The Hall–Kier alpha value is -2.80. The molecule has 2 aliphatic heterocycles. The Bertz CT molecular complexity index is 903. The zero-order valence-electron chi connectivity index (χ0n) is 15.2. The number of amides is 2. The van der Waals surface area contributed by atoms with E-state index < -0.39 is 6.10 Å². The van der Waals surface area contributed by atoms with Crippen LogP contribution in [0.2, 0.25) is 5.02 Å². The molecule has 2 amide bonds. The van der Waals surface area contributed by atoms with E-state index >= 15 is 0 Å². The predicted molar refractivity (Wildman–Crippen MR) is 107 cm³/mol. The summed E-state index contributed by atoms with van der Waals surface area (Å²) >= 11 is 5.99. The number of primary amides is 1. The highest BCUT2D eigenvalue weighted by atomic mass is 35.5. The van der Waals surface area contributed by atoms with Crippen LogP contribution < -0.4 is 20.7 Å². The molecule has 1 aromatic carbocycles. The molecule has 2 aliphatic rings. The van der Waals surface area contributed by atoms with Crippen LogP contribution in [0.25, 0.3) is 0 Å². The first-order valence-electron chi connectivity index (χ1n) is 9.26. The van der Waals surface area contributed by atoms with Gasteiger partial charge in [-0.15, -0.1) is 0 Å². The summed E-state index contributed by atoms with van der Waals surface area (Å²) < 4.78 is 5.71. The molecular weight excluding hydrogens is 380 g/mol. The quantitative estimate of drug-likeness (QED) is 0.821. The monoisotopic (exact) mass is 400 g/mol. The molecular formula is C20H21ClN4O3. The summed E-state index contributed by atoms with van der Waals surface area (Å²) in [6.45, 7) is 1.41. The van der Waals surface area contributed by atoms with Crippen molar-refractivity contribution in [3.8, 4) is 5.75 Å². The van der Waals surface area contributed by atoms with Crippen LogP contribution in [0.1, 0.15) is 18.4 Å². The van der Waals surface area contributed by atoms with Crippen molar-refractivity contribution in [2.75, 3.05) is 23.3 Å². The number of aromatic nitrogens is 1. The van der Waals surface area contributed by atoms with Gasteiger partial charge >= 0.3 is 0 Å². The fraction of sp³-hybridized carbons (Fsp3) is 0.350. The normalized spacial score (nSPS) is 21.0. The van der Waals surface area contributed by atoms with Gasteiger partial charge in [0.1, 0.15) is 11.6 Å². The molecule has 8 heteroatoms. The number of piperidine rings is 1. The molecule has 28 heavy (non-hydrogen) atoms. The minimum Gasteiger partial charge on any atom is -0.480 e. The number of rotatable bonds is 4. The molecule has 1 fully saturated rings. The third-order valence-corrected chi connectivity index (χ3v) is 5.39. The highest BCUT2D eigenvalue weighted by Gasteiger charge is 2.29. The molecule has 0 saturated carbocycles. The van der Waals surface area contributed by atoms with E-state index in [0.717, 1.165) is 30.8 Å². The predicted octanol–water partition coefficient (Wildman–Crippen LogP) is 2.38. The van der Waals surface area contributed by atoms with Gasteiger partial charge in [-0.1, -0.05) is 11.6 Å². The lowest BCUT2D eigenvalue weighted by Gasteiger charge is -2.32. The number of nitrogens with two attached hydrogens (primary N) is 1. The minimum absolute atomic E-state index is 0.149. The maximum Gasteiger partial charge on any atom is 0.265 e. The first kappa shape index (κ1) is 18.6. The van der Waals surface area contributed by atoms with E-state index in [2.05, 4.69) is 10.3 Å². The molecule has 0 spiro atoms. The number of nitrogens with zero attached hydrogens (tertiary/aromatic N) is 2. The van der Waals surface area contributed by atoms with Crippen LogP contribution in [-0.2, 0) is 16.0 Å². The third-order valence-electron chi connectivity index (χ3n) is 5.15. The second-order valence-corrected chi connectivity index (χ2v) is 7.58. The van der Waals surface area contributed by atoms with Crippen LogP contribution in [0.15, 0.2) is 36.5 Å². The molecule has 7 nitrogen and oxygen atoms in total. The van der Waals surface area contributed by atoms with Gasteiger partial charge in [0, 0.05) is 24.5 Å². The van der Waals surface area contributed by atoms with Gasteiger partial charge in [0.15, 0.2) is 6.10 Å². The highest BCUT2D eigenvalue weighted by molar-refractivity contribution is 6.30. The van der Waals surface area contributed by atoms with E-state index in [0.29, 0.717) is 29.4 Å². The number of fused-ring (bicyclic) bond motifs is 1. The first-order chi connectivity index (χ1) is 13.5.